The van der Waals surface area contributed by atoms with Crippen LogP contribution in [0.15, 0.2) is 12.7 Å². The summed E-state index contributed by atoms with van der Waals surface area (Å²) in [5.41, 5.74) is 6.04. The van der Waals surface area contributed by atoms with Crippen LogP contribution in [0.5, 0.6) is 0 Å². The second kappa shape index (κ2) is 13.9. The molecule has 0 aromatic rings. The van der Waals surface area contributed by atoms with Gasteiger partial charge in [-0.1, -0.05) is 45.6 Å². The second-order valence-corrected chi connectivity index (χ2v) is 8.97. The lowest BCUT2D eigenvalue weighted by Crippen LogP contribution is -2.50. The van der Waals surface area contributed by atoms with Crippen molar-refractivity contribution in [1.29, 1.82) is 0 Å². The molecule has 1 atom stereocenters. The summed E-state index contributed by atoms with van der Waals surface area (Å²) >= 11 is 0. The number of quaternary nitrogens is 1. The fourth-order valence-electron chi connectivity index (χ4n) is 2.93. The van der Waals surface area contributed by atoms with Gasteiger partial charge < -0.3 is 10.2 Å². The van der Waals surface area contributed by atoms with Crippen molar-refractivity contribution in [1.82, 2.24) is 4.90 Å². The van der Waals surface area contributed by atoms with Crippen LogP contribution in [0.3, 0.4) is 0 Å². The first-order valence-electron chi connectivity index (χ1n) is 10.6. The molecule has 2 N–H and O–H groups in total. The molecule has 0 bridgehead atoms. The number of carbonyl (C=O) groups excluding carboxylic acids is 2. The maximum Gasteiger partial charge on any atom is 0.246 e. The summed E-state index contributed by atoms with van der Waals surface area (Å²) < 4.78 is 0.818. The third-order valence-electron chi connectivity index (χ3n) is 4.83. The number of allylic oxidation sites excluding steroid dienone is 1. The third-order valence-corrected chi connectivity index (χ3v) is 4.83. The van der Waals surface area contributed by atoms with Gasteiger partial charge in [0, 0.05) is 19.4 Å². The summed E-state index contributed by atoms with van der Waals surface area (Å²) in [6.45, 7) is 8.96. The molecular formula is C22H44N3O2+. The van der Waals surface area contributed by atoms with E-state index < -0.39 is 6.04 Å². The molecule has 0 aliphatic heterocycles. The summed E-state index contributed by atoms with van der Waals surface area (Å²) in [5.74, 6) is -0.258. The molecule has 2 amide bonds. The molecule has 0 saturated heterocycles. The average Bonchev–Trinajstić information content (AvgIpc) is 2.58. The number of nitrogens with zero attached hydrogens (tertiary/aromatic N) is 2. The van der Waals surface area contributed by atoms with Gasteiger partial charge in [0.1, 0.15) is 0 Å². The molecule has 0 aliphatic carbocycles. The third kappa shape index (κ3) is 12.7. The Morgan fingerprint density at radius 1 is 1.00 bits per heavy atom. The molecule has 0 heterocycles. The van der Waals surface area contributed by atoms with Crippen LogP contribution in [-0.2, 0) is 9.59 Å². The summed E-state index contributed by atoms with van der Waals surface area (Å²) in [4.78, 5) is 26.8. The highest BCUT2D eigenvalue weighted by Crippen LogP contribution is 2.12. The van der Waals surface area contributed by atoms with Crippen LogP contribution in [0.4, 0.5) is 0 Å². The number of amides is 2. The van der Waals surface area contributed by atoms with E-state index in [1.807, 2.05) is 19.9 Å². The quantitative estimate of drug-likeness (QED) is 0.267. The van der Waals surface area contributed by atoms with Gasteiger partial charge in [0.25, 0.3) is 0 Å². The number of nitrogens with two attached hydrogens (primary N) is 1. The zero-order valence-electron chi connectivity index (χ0n) is 18.5. The van der Waals surface area contributed by atoms with Gasteiger partial charge in [0.05, 0.1) is 33.7 Å². The molecule has 158 valence electrons. The van der Waals surface area contributed by atoms with Gasteiger partial charge in [-0.3, -0.25) is 14.5 Å². The summed E-state index contributed by atoms with van der Waals surface area (Å²) in [7, 11) is 6.34. The van der Waals surface area contributed by atoms with Crippen LogP contribution in [0.2, 0.25) is 0 Å². The monoisotopic (exact) mass is 382 g/mol. The van der Waals surface area contributed by atoms with Gasteiger partial charge >= 0.3 is 0 Å². The predicted molar refractivity (Wildman–Crippen MR) is 114 cm³/mol. The van der Waals surface area contributed by atoms with E-state index >= 15 is 0 Å². The van der Waals surface area contributed by atoms with E-state index in [0.29, 0.717) is 13.0 Å². The van der Waals surface area contributed by atoms with Crippen molar-refractivity contribution in [2.24, 2.45) is 11.7 Å². The molecule has 0 unspecified atom stereocenters. The molecule has 5 heteroatoms. The summed E-state index contributed by atoms with van der Waals surface area (Å²) in [6.07, 6.45) is 10.9. The van der Waals surface area contributed by atoms with Gasteiger partial charge in [0.15, 0.2) is 0 Å². The van der Waals surface area contributed by atoms with Gasteiger partial charge in [-0.05, 0) is 25.2 Å². The van der Waals surface area contributed by atoms with Crippen LogP contribution < -0.4 is 5.73 Å². The van der Waals surface area contributed by atoms with Crippen LogP contribution >= 0.6 is 0 Å². The lowest BCUT2D eigenvalue weighted by atomic mass is 10.0. The van der Waals surface area contributed by atoms with Gasteiger partial charge in [0.2, 0.25) is 11.8 Å². The Hall–Kier alpha value is -1.20. The van der Waals surface area contributed by atoms with Crippen molar-refractivity contribution in [2.45, 2.75) is 77.7 Å². The van der Waals surface area contributed by atoms with Crippen molar-refractivity contribution < 1.29 is 14.1 Å². The first-order valence-corrected chi connectivity index (χ1v) is 10.6. The Labute approximate surface area is 167 Å². The minimum Gasteiger partial charge on any atom is -0.331 e. The number of hydrogen-bond donors (Lipinski definition) is 1. The van der Waals surface area contributed by atoms with E-state index in [-0.39, 0.29) is 17.7 Å². The smallest absolute Gasteiger partial charge is 0.246 e. The molecule has 0 aromatic carbocycles. The number of rotatable bonds is 15. The predicted octanol–water partition coefficient (Wildman–Crippen LogP) is 3.73. The van der Waals surface area contributed by atoms with E-state index in [1.165, 1.54) is 24.2 Å². The number of hydrogen-bond acceptors (Lipinski definition) is 3. The van der Waals surface area contributed by atoms with Crippen molar-refractivity contribution in [3.05, 3.63) is 12.7 Å². The van der Waals surface area contributed by atoms with E-state index in [4.69, 9.17) is 5.73 Å². The summed E-state index contributed by atoms with van der Waals surface area (Å²) in [5, 5.41) is 0. The fourth-order valence-corrected chi connectivity index (χ4v) is 2.93. The number of unbranched alkanes of at least 4 members (excludes halogenated alkanes) is 6. The fraction of sp³-hybridized carbons (Fsp3) is 0.818. The van der Waals surface area contributed by atoms with Crippen LogP contribution in [0, 0.1) is 5.92 Å². The Morgan fingerprint density at radius 2 is 1.56 bits per heavy atom. The topological polar surface area (TPSA) is 63.4 Å². The highest BCUT2D eigenvalue weighted by Gasteiger charge is 2.28. The molecule has 5 nitrogen and oxygen atoms in total. The first-order chi connectivity index (χ1) is 12.6. The summed E-state index contributed by atoms with van der Waals surface area (Å²) in [6, 6.07) is -0.608. The Balaban J connectivity index is 4.46. The van der Waals surface area contributed by atoms with Crippen molar-refractivity contribution in [3.8, 4) is 0 Å². The molecule has 0 spiro atoms. The molecule has 0 saturated carbocycles. The second-order valence-electron chi connectivity index (χ2n) is 8.97. The minimum absolute atomic E-state index is 0.0294. The van der Waals surface area contributed by atoms with Crippen molar-refractivity contribution >= 4 is 11.8 Å². The van der Waals surface area contributed by atoms with Gasteiger partial charge in [-0.25, -0.2) is 0 Å². The zero-order chi connectivity index (χ0) is 20.9. The average molecular weight is 383 g/mol. The van der Waals surface area contributed by atoms with Crippen LogP contribution in [0.25, 0.3) is 0 Å². The van der Waals surface area contributed by atoms with Crippen LogP contribution in [0.1, 0.15) is 71.6 Å². The standard InChI is InChI=1S/C22H44N3O2/c1-7-8-9-10-11-12-13-14-16-20(26)24(17-15-18-25(4,5)6)22(27)21(23)19(2)3/h7,19,21H,1,8-18,23H2,2-6H3/q+1/t21-/m0/s1. The SMILES string of the molecule is C=CCCCCCCCCC(=O)N(CCC[N+](C)(C)C)C(=O)[C@@H](N)C(C)C. The van der Waals surface area contributed by atoms with E-state index in [0.717, 1.165) is 43.1 Å². The lowest BCUT2D eigenvalue weighted by Gasteiger charge is -2.28. The molecule has 0 aliphatic rings. The van der Waals surface area contributed by atoms with E-state index in [2.05, 4.69) is 27.7 Å². The molecular weight excluding hydrogens is 338 g/mol. The molecule has 27 heavy (non-hydrogen) atoms. The molecule has 0 radical (unpaired) electrons. The maximum atomic E-state index is 12.7. The van der Waals surface area contributed by atoms with Gasteiger partial charge in [-0.2, -0.15) is 0 Å². The van der Waals surface area contributed by atoms with E-state index in [9.17, 15) is 9.59 Å². The van der Waals surface area contributed by atoms with Crippen molar-refractivity contribution in [2.75, 3.05) is 34.2 Å². The van der Waals surface area contributed by atoms with Crippen LogP contribution in [-0.4, -0.2) is 61.5 Å². The molecule has 0 fully saturated rings. The normalized spacial score (nSPS) is 12.9. The Bertz CT molecular complexity index is 441. The Morgan fingerprint density at radius 3 is 2.07 bits per heavy atom. The number of imide groups is 1. The van der Waals surface area contributed by atoms with Gasteiger partial charge in [-0.15, -0.1) is 6.58 Å². The van der Waals surface area contributed by atoms with Crippen molar-refractivity contribution in [3.63, 3.8) is 0 Å². The first kappa shape index (κ1) is 25.8. The molecule has 0 aromatic heterocycles. The minimum atomic E-state index is -0.608. The van der Waals surface area contributed by atoms with E-state index in [1.54, 1.807) is 0 Å². The highest BCUT2D eigenvalue weighted by molar-refractivity contribution is 5.97. The Kier molecular flexibility index (Phi) is 13.3. The maximum absolute atomic E-state index is 12.7. The lowest BCUT2D eigenvalue weighted by molar-refractivity contribution is -0.870. The largest absolute Gasteiger partial charge is 0.331 e. The zero-order valence-corrected chi connectivity index (χ0v) is 18.5. The molecule has 0 rings (SSSR count). The number of carbonyl (C=O) groups is 2. The highest BCUT2D eigenvalue weighted by atomic mass is 16.2.